The van der Waals surface area contributed by atoms with Crippen molar-refractivity contribution in [2.75, 3.05) is 0 Å². The summed E-state index contributed by atoms with van der Waals surface area (Å²) in [6, 6.07) is 20.1. The second kappa shape index (κ2) is 6.33. The Morgan fingerprint density at radius 1 is 0.533 bits per heavy atom. The zero-order chi connectivity index (χ0) is 21.0. The first kappa shape index (κ1) is 18.2. The SMILES string of the molecule is C[Si](c1ccccc1)(c1ccc2c(c1)C(=O)OC2=O)c1ccc2c(c1)C(=O)OC2=O. The summed E-state index contributed by atoms with van der Waals surface area (Å²) < 4.78 is 9.47. The van der Waals surface area contributed by atoms with Gasteiger partial charge >= 0.3 is 23.9 Å². The molecule has 0 aromatic heterocycles. The molecule has 0 fully saturated rings. The Bertz CT molecular complexity index is 1200. The molecule has 0 bridgehead atoms. The lowest BCUT2D eigenvalue weighted by Gasteiger charge is -2.30. The van der Waals surface area contributed by atoms with E-state index in [9.17, 15) is 19.2 Å². The number of hydrogen-bond acceptors (Lipinski definition) is 6. The molecule has 146 valence electrons. The molecule has 2 aliphatic heterocycles. The molecule has 5 rings (SSSR count). The number of benzene rings is 3. The van der Waals surface area contributed by atoms with Crippen LogP contribution < -0.4 is 15.6 Å². The van der Waals surface area contributed by atoms with Crippen molar-refractivity contribution in [2.24, 2.45) is 0 Å². The maximum Gasteiger partial charge on any atom is 0.346 e. The van der Waals surface area contributed by atoms with E-state index in [1.807, 2.05) is 42.5 Å². The van der Waals surface area contributed by atoms with Crippen molar-refractivity contribution in [1.29, 1.82) is 0 Å². The van der Waals surface area contributed by atoms with E-state index in [0.29, 0.717) is 0 Å². The minimum atomic E-state index is -2.70. The molecular formula is C23H14O6Si. The maximum absolute atomic E-state index is 12.1. The van der Waals surface area contributed by atoms with Crippen LogP contribution in [0.15, 0.2) is 66.7 Å². The van der Waals surface area contributed by atoms with Crippen molar-refractivity contribution in [3.8, 4) is 0 Å². The molecule has 0 amide bonds. The fourth-order valence-corrected chi connectivity index (χ4v) is 7.62. The highest BCUT2D eigenvalue weighted by atomic mass is 28.3. The summed E-state index contributed by atoms with van der Waals surface area (Å²) in [5.74, 6) is -2.62. The van der Waals surface area contributed by atoms with Gasteiger partial charge in [-0.1, -0.05) is 49.0 Å². The lowest BCUT2D eigenvalue weighted by atomic mass is 10.1. The highest BCUT2D eigenvalue weighted by Gasteiger charge is 2.39. The van der Waals surface area contributed by atoms with Gasteiger partial charge in [0.25, 0.3) is 0 Å². The first-order chi connectivity index (χ1) is 14.4. The number of cyclic esters (lactones) is 4. The molecule has 3 aromatic carbocycles. The summed E-state index contributed by atoms with van der Waals surface area (Å²) >= 11 is 0. The van der Waals surface area contributed by atoms with E-state index in [-0.39, 0.29) is 22.3 Å². The van der Waals surface area contributed by atoms with E-state index >= 15 is 0 Å². The van der Waals surface area contributed by atoms with Gasteiger partial charge in [0.1, 0.15) is 8.07 Å². The number of hydrogen-bond donors (Lipinski definition) is 0. The predicted octanol–water partition coefficient (Wildman–Crippen LogP) is 1.41. The van der Waals surface area contributed by atoms with Crippen LogP contribution in [0.3, 0.4) is 0 Å². The fraction of sp³-hybridized carbons (Fsp3) is 0.0435. The van der Waals surface area contributed by atoms with Crippen LogP contribution in [0.5, 0.6) is 0 Å². The molecule has 6 nitrogen and oxygen atoms in total. The first-order valence-corrected chi connectivity index (χ1v) is 11.8. The monoisotopic (exact) mass is 414 g/mol. The van der Waals surface area contributed by atoms with Crippen LogP contribution in [0.1, 0.15) is 41.4 Å². The molecule has 0 unspecified atom stereocenters. The molecule has 3 aromatic rings. The van der Waals surface area contributed by atoms with Gasteiger partial charge in [-0.3, -0.25) is 0 Å². The number of ether oxygens (including phenoxy) is 2. The largest absolute Gasteiger partial charge is 0.386 e. The molecule has 0 saturated carbocycles. The van der Waals surface area contributed by atoms with Crippen LogP contribution >= 0.6 is 0 Å². The lowest BCUT2D eigenvalue weighted by molar-refractivity contribution is 0.0425. The second-order valence-electron chi connectivity index (χ2n) is 7.37. The van der Waals surface area contributed by atoms with Gasteiger partial charge in [0.2, 0.25) is 0 Å². The third kappa shape index (κ3) is 2.49. The zero-order valence-electron chi connectivity index (χ0n) is 15.8. The van der Waals surface area contributed by atoms with Crippen LogP contribution in [-0.2, 0) is 9.47 Å². The molecule has 2 aliphatic rings. The average molecular weight is 414 g/mol. The average Bonchev–Trinajstić information content (AvgIpc) is 3.22. The number of carbonyl (C=O) groups excluding carboxylic acids is 4. The molecule has 0 atom stereocenters. The van der Waals surface area contributed by atoms with Gasteiger partial charge in [0, 0.05) is 0 Å². The molecule has 0 N–H and O–H groups in total. The Labute approximate surface area is 172 Å². The highest BCUT2D eigenvalue weighted by Crippen LogP contribution is 2.22. The minimum absolute atomic E-state index is 0.239. The summed E-state index contributed by atoms with van der Waals surface area (Å²) in [4.78, 5) is 48.0. The van der Waals surface area contributed by atoms with E-state index in [4.69, 9.17) is 9.47 Å². The molecule has 0 aliphatic carbocycles. The van der Waals surface area contributed by atoms with E-state index in [0.717, 1.165) is 15.6 Å². The predicted molar refractivity (Wildman–Crippen MR) is 109 cm³/mol. The number of rotatable bonds is 3. The molecule has 0 spiro atoms. The summed E-state index contributed by atoms with van der Waals surface area (Å²) in [7, 11) is -2.70. The topological polar surface area (TPSA) is 86.7 Å². The number of esters is 4. The fourth-order valence-electron chi connectivity index (χ4n) is 4.06. The van der Waals surface area contributed by atoms with Crippen molar-refractivity contribution < 1.29 is 28.7 Å². The van der Waals surface area contributed by atoms with Gasteiger partial charge in [0.05, 0.1) is 22.3 Å². The number of carbonyl (C=O) groups is 4. The van der Waals surface area contributed by atoms with Crippen molar-refractivity contribution in [2.45, 2.75) is 6.55 Å². The Morgan fingerprint density at radius 2 is 0.967 bits per heavy atom. The van der Waals surface area contributed by atoms with Gasteiger partial charge in [-0.15, -0.1) is 0 Å². The Hall–Kier alpha value is -3.84. The van der Waals surface area contributed by atoms with Crippen LogP contribution in [0.2, 0.25) is 6.55 Å². The van der Waals surface area contributed by atoms with Gasteiger partial charge < -0.3 is 9.47 Å². The third-order valence-electron chi connectivity index (χ3n) is 5.80. The van der Waals surface area contributed by atoms with E-state index in [2.05, 4.69) is 6.55 Å². The molecular weight excluding hydrogens is 400 g/mol. The van der Waals surface area contributed by atoms with Crippen molar-refractivity contribution in [3.05, 3.63) is 89.0 Å². The second-order valence-corrected chi connectivity index (χ2v) is 11.3. The quantitative estimate of drug-likeness (QED) is 0.279. The maximum atomic E-state index is 12.1. The van der Waals surface area contributed by atoms with Gasteiger partial charge in [-0.05, 0) is 39.8 Å². The van der Waals surface area contributed by atoms with E-state index in [1.54, 1.807) is 24.3 Å². The van der Waals surface area contributed by atoms with Gasteiger partial charge in [0.15, 0.2) is 0 Å². The number of fused-ring (bicyclic) bond motifs is 2. The highest BCUT2D eigenvalue weighted by molar-refractivity contribution is 7.10. The zero-order valence-corrected chi connectivity index (χ0v) is 16.8. The summed E-state index contributed by atoms with van der Waals surface area (Å²) in [5.41, 5.74) is 0.971. The van der Waals surface area contributed by atoms with Crippen LogP contribution in [0.4, 0.5) is 0 Å². The van der Waals surface area contributed by atoms with Gasteiger partial charge in [-0.25, -0.2) is 19.2 Å². The van der Waals surface area contributed by atoms with Crippen LogP contribution in [0.25, 0.3) is 0 Å². The van der Waals surface area contributed by atoms with Crippen LogP contribution in [0, 0.1) is 0 Å². The molecule has 7 heteroatoms. The lowest BCUT2D eigenvalue weighted by Crippen LogP contribution is -2.65. The third-order valence-corrected chi connectivity index (χ3v) is 10.2. The summed E-state index contributed by atoms with van der Waals surface area (Å²) in [6.07, 6.45) is 0. The smallest absolute Gasteiger partial charge is 0.346 e. The molecule has 0 radical (unpaired) electrons. The molecule has 0 saturated heterocycles. The molecule has 2 heterocycles. The standard InChI is InChI=1S/C23H14O6Si/c1-30(13-5-3-2-4-6-13,14-7-9-16-18(11-14)22(26)28-20(16)24)15-8-10-17-19(12-15)23(27)29-21(17)25/h2-12H,1H3. The van der Waals surface area contributed by atoms with Crippen molar-refractivity contribution in [1.82, 2.24) is 0 Å². The Morgan fingerprint density at radius 3 is 1.43 bits per heavy atom. The van der Waals surface area contributed by atoms with Crippen molar-refractivity contribution >= 4 is 47.5 Å². The van der Waals surface area contributed by atoms with Gasteiger partial charge in [-0.2, -0.15) is 0 Å². The van der Waals surface area contributed by atoms with Crippen LogP contribution in [-0.4, -0.2) is 32.0 Å². The van der Waals surface area contributed by atoms with Crippen molar-refractivity contribution in [3.63, 3.8) is 0 Å². The molecule has 30 heavy (non-hydrogen) atoms. The summed E-state index contributed by atoms with van der Waals surface area (Å²) in [5, 5.41) is 2.79. The normalized spacial score (nSPS) is 15.0. The van der Waals surface area contributed by atoms with E-state index < -0.39 is 32.0 Å². The summed E-state index contributed by atoms with van der Waals surface area (Å²) in [6.45, 7) is 2.09. The minimum Gasteiger partial charge on any atom is -0.386 e. The Kier molecular flexibility index (Phi) is 3.84. The van der Waals surface area contributed by atoms with E-state index in [1.165, 1.54) is 0 Å². The first-order valence-electron chi connectivity index (χ1n) is 9.27. The Balaban J connectivity index is 1.75.